The van der Waals surface area contributed by atoms with E-state index >= 15 is 0 Å². The van der Waals surface area contributed by atoms with Gasteiger partial charge in [-0.1, -0.05) is 12.1 Å². The van der Waals surface area contributed by atoms with Gasteiger partial charge < -0.3 is 15.4 Å². The van der Waals surface area contributed by atoms with Crippen molar-refractivity contribution in [3.63, 3.8) is 0 Å². The van der Waals surface area contributed by atoms with Crippen LogP contribution in [-0.4, -0.2) is 29.2 Å². The molecule has 1 aromatic heterocycles. The summed E-state index contributed by atoms with van der Waals surface area (Å²) in [4.78, 5) is 23.7. The number of nitrogens with one attached hydrogen (secondary N) is 2. The minimum atomic E-state index is -0.435. The Morgan fingerprint density at radius 3 is 2.33 bits per heavy atom. The molecule has 136 valence electrons. The second-order valence-corrected chi connectivity index (χ2v) is 5.82. The van der Waals surface area contributed by atoms with Gasteiger partial charge in [0.15, 0.2) is 11.5 Å². The normalized spacial score (nSPS) is 10.1. The Morgan fingerprint density at radius 2 is 1.70 bits per heavy atom. The summed E-state index contributed by atoms with van der Waals surface area (Å²) >= 11 is 0. The number of aromatic nitrogens is 2. The average molecular weight is 362 g/mol. The molecule has 1 amide bonds. The molecule has 3 aromatic rings. The molecule has 2 aromatic carbocycles. The van der Waals surface area contributed by atoms with Gasteiger partial charge in [0.1, 0.15) is 0 Å². The zero-order chi connectivity index (χ0) is 19.2. The van der Waals surface area contributed by atoms with Crippen molar-refractivity contribution < 1.29 is 14.3 Å². The maximum absolute atomic E-state index is 12.3. The molecule has 7 heteroatoms. The van der Waals surface area contributed by atoms with E-state index in [1.807, 2.05) is 31.2 Å². The zero-order valence-electron chi connectivity index (χ0n) is 14.9. The number of ether oxygens (including phenoxy) is 1. The minimum Gasteiger partial charge on any atom is -0.465 e. The highest BCUT2D eigenvalue weighted by Crippen LogP contribution is 2.16. The van der Waals surface area contributed by atoms with Crippen LogP contribution in [0.1, 0.15) is 26.4 Å². The molecule has 27 heavy (non-hydrogen) atoms. The molecule has 0 unspecified atom stereocenters. The quantitative estimate of drug-likeness (QED) is 0.674. The number of carbonyl (C=O) groups excluding carboxylic acids is 2. The molecule has 3 rings (SSSR count). The molecule has 0 fully saturated rings. The number of hydrogen-bond donors (Lipinski definition) is 2. The molecule has 0 aliphatic carbocycles. The maximum Gasteiger partial charge on any atom is 0.337 e. The third-order valence-electron chi connectivity index (χ3n) is 3.75. The van der Waals surface area contributed by atoms with Crippen molar-refractivity contribution in [3.05, 3.63) is 77.5 Å². The lowest BCUT2D eigenvalue weighted by molar-refractivity contribution is 0.0600. The molecule has 2 N–H and O–H groups in total. The molecular weight excluding hydrogens is 344 g/mol. The second kappa shape index (κ2) is 8.09. The Hall–Kier alpha value is -3.74. The molecule has 0 radical (unpaired) electrons. The molecule has 0 saturated carbocycles. The highest BCUT2D eigenvalue weighted by atomic mass is 16.5. The van der Waals surface area contributed by atoms with E-state index in [1.165, 1.54) is 7.11 Å². The number of esters is 1. The Labute approximate surface area is 156 Å². The number of nitrogens with zero attached hydrogens (tertiary/aromatic N) is 2. The van der Waals surface area contributed by atoms with Gasteiger partial charge in [0.2, 0.25) is 0 Å². The van der Waals surface area contributed by atoms with Gasteiger partial charge in [-0.15, -0.1) is 10.2 Å². The highest BCUT2D eigenvalue weighted by Gasteiger charge is 2.10. The van der Waals surface area contributed by atoms with Gasteiger partial charge in [-0.3, -0.25) is 4.79 Å². The van der Waals surface area contributed by atoms with Crippen LogP contribution in [0.4, 0.5) is 17.2 Å². The van der Waals surface area contributed by atoms with Crippen LogP contribution in [0.2, 0.25) is 0 Å². The fraction of sp³-hybridized carbons (Fsp3) is 0.100. The standard InChI is InChI=1S/C20H18N4O3/c1-13-4-3-5-16(12-13)21-18-11-10-17(23-24-18)19(25)22-15-8-6-14(7-9-15)20(26)27-2/h3-12H,1-2H3,(H,21,24)(H,22,25). The van der Waals surface area contributed by atoms with Gasteiger partial charge in [-0.05, 0) is 61.0 Å². The van der Waals surface area contributed by atoms with Crippen molar-refractivity contribution in [3.8, 4) is 0 Å². The van der Waals surface area contributed by atoms with E-state index in [-0.39, 0.29) is 5.69 Å². The van der Waals surface area contributed by atoms with Gasteiger partial charge in [0, 0.05) is 11.4 Å². The summed E-state index contributed by atoms with van der Waals surface area (Å²) < 4.78 is 4.64. The number of methoxy groups -OCH3 is 1. The van der Waals surface area contributed by atoms with Crippen LogP contribution >= 0.6 is 0 Å². The first-order chi connectivity index (χ1) is 13.0. The van der Waals surface area contributed by atoms with Gasteiger partial charge in [-0.2, -0.15) is 0 Å². The molecule has 1 heterocycles. The predicted octanol–water partition coefficient (Wildman–Crippen LogP) is 3.57. The largest absolute Gasteiger partial charge is 0.465 e. The van der Waals surface area contributed by atoms with Gasteiger partial charge in [0.25, 0.3) is 5.91 Å². The third-order valence-corrected chi connectivity index (χ3v) is 3.75. The molecule has 0 aliphatic rings. The number of amides is 1. The maximum atomic E-state index is 12.3. The number of hydrogen-bond acceptors (Lipinski definition) is 6. The third kappa shape index (κ3) is 4.66. The fourth-order valence-electron chi connectivity index (χ4n) is 2.39. The first-order valence-electron chi connectivity index (χ1n) is 8.22. The van der Waals surface area contributed by atoms with E-state index in [9.17, 15) is 9.59 Å². The number of aryl methyl sites for hydroxylation is 1. The van der Waals surface area contributed by atoms with Crippen LogP contribution in [0.25, 0.3) is 0 Å². The summed E-state index contributed by atoms with van der Waals surface area (Å²) in [5.41, 5.74) is 3.15. The number of benzene rings is 2. The van der Waals surface area contributed by atoms with Gasteiger partial charge >= 0.3 is 5.97 Å². The van der Waals surface area contributed by atoms with E-state index in [0.717, 1.165) is 11.3 Å². The Kier molecular flexibility index (Phi) is 5.41. The van der Waals surface area contributed by atoms with E-state index in [1.54, 1.807) is 36.4 Å². The lowest BCUT2D eigenvalue weighted by Crippen LogP contribution is -2.14. The van der Waals surface area contributed by atoms with E-state index in [2.05, 4.69) is 25.6 Å². The molecule has 0 bridgehead atoms. The van der Waals surface area contributed by atoms with Crippen LogP contribution in [0.5, 0.6) is 0 Å². The monoisotopic (exact) mass is 362 g/mol. The lowest BCUT2D eigenvalue weighted by atomic mass is 10.2. The zero-order valence-corrected chi connectivity index (χ0v) is 14.9. The highest BCUT2D eigenvalue weighted by molar-refractivity contribution is 6.03. The Balaban J connectivity index is 1.64. The summed E-state index contributed by atoms with van der Waals surface area (Å²) in [6.45, 7) is 2.00. The van der Waals surface area contributed by atoms with Crippen LogP contribution in [0.15, 0.2) is 60.7 Å². The van der Waals surface area contributed by atoms with Crippen LogP contribution < -0.4 is 10.6 Å². The Morgan fingerprint density at radius 1 is 0.926 bits per heavy atom. The minimum absolute atomic E-state index is 0.182. The molecule has 7 nitrogen and oxygen atoms in total. The number of anilines is 3. The summed E-state index contributed by atoms with van der Waals surface area (Å²) in [6, 6.07) is 17.5. The SMILES string of the molecule is COC(=O)c1ccc(NC(=O)c2ccc(Nc3cccc(C)c3)nn2)cc1. The summed E-state index contributed by atoms with van der Waals surface area (Å²) in [7, 11) is 1.31. The van der Waals surface area contributed by atoms with Crippen molar-refractivity contribution >= 4 is 29.1 Å². The summed E-state index contributed by atoms with van der Waals surface area (Å²) in [6.07, 6.45) is 0. The van der Waals surface area contributed by atoms with E-state index in [4.69, 9.17) is 0 Å². The molecular formula is C20H18N4O3. The summed E-state index contributed by atoms with van der Waals surface area (Å²) in [5.74, 6) is -0.287. The van der Waals surface area contributed by atoms with Gasteiger partial charge in [-0.25, -0.2) is 4.79 Å². The van der Waals surface area contributed by atoms with Crippen LogP contribution in [0.3, 0.4) is 0 Å². The molecule has 0 aliphatic heterocycles. The predicted molar refractivity (Wildman–Crippen MR) is 102 cm³/mol. The van der Waals surface area contributed by atoms with Crippen molar-refractivity contribution in [2.75, 3.05) is 17.7 Å². The average Bonchev–Trinajstić information content (AvgIpc) is 2.68. The van der Waals surface area contributed by atoms with Crippen molar-refractivity contribution in [1.82, 2.24) is 10.2 Å². The lowest BCUT2D eigenvalue weighted by Gasteiger charge is -2.07. The molecule has 0 spiro atoms. The van der Waals surface area contributed by atoms with Crippen molar-refractivity contribution in [1.29, 1.82) is 0 Å². The molecule has 0 saturated heterocycles. The van der Waals surface area contributed by atoms with Crippen LogP contribution in [-0.2, 0) is 4.74 Å². The first-order valence-corrected chi connectivity index (χ1v) is 8.22. The second-order valence-electron chi connectivity index (χ2n) is 5.82. The summed E-state index contributed by atoms with van der Waals surface area (Å²) in [5, 5.41) is 13.8. The van der Waals surface area contributed by atoms with Crippen LogP contribution in [0, 0.1) is 6.92 Å². The first kappa shape index (κ1) is 18.1. The fourth-order valence-corrected chi connectivity index (χ4v) is 2.39. The van der Waals surface area contributed by atoms with Crippen molar-refractivity contribution in [2.24, 2.45) is 0 Å². The smallest absolute Gasteiger partial charge is 0.337 e. The number of carbonyl (C=O) groups is 2. The van der Waals surface area contributed by atoms with Crippen molar-refractivity contribution in [2.45, 2.75) is 6.92 Å². The van der Waals surface area contributed by atoms with E-state index in [0.29, 0.717) is 17.1 Å². The van der Waals surface area contributed by atoms with E-state index < -0.39 is 11.9 Å². The Bertz CT molecular complexity index is 954. The number of rotatable bonds is 5. The molecule has 0 atom stereocenters. The topological polar surface area (TPSA) is 93.2 Å². The van der Waals surface area contributed by atoms with Gasteiger partial charge in [0.05, 0.1) is 12.7 Å².